The Hall–Kier alpha value is 0.0500. The number of rotatable bonds is 3. The van der Waals surface area contributed by atoms with Gasteiger partial charge in [0.2, 0.25) is 0 Å². The molecule has 0 N–H and O–H groups in total. The van der Waals surface area contributed by atoms with Gasteiger partial charge in [0.05, 0.1) is 0 Å². The Kier molecular flexibility index (Phi) is 4.15. The minimum absolute atomic E-state index is 0.841. The van der Waals surface area contributed by atoms with E-state index in [1.165, 1.54) is 50.6 Å². The van der Waals surface area contributed by atoms with Crippen molar-refractivity contribution in [1.29, 1.82) is 0 Å². The third-order valence-corrected chi connectivity index (χ3v) is 4.46. The van der Waals surface area contributed by atoms with Crippen molar-refractivity contribution in [1.82, 2.24) is 4.90 Å². The number of hydrogen-bond acceptors (Lipinski definition) is 2. The molecule has 1 aliphatic heterocycles. The molecule has 2 rings (SSSR count). The fourth-order valence-corrected chi connectivity index (χ4v) is 3.36. The lowest BCUT2D eigenvalue weighted by Gasteiger charge is -2.44. The normalized spacial score (nSPS) is 32.3. The molecule has 0 radical (unpaired) electrons. The van der Waals surface area contributed by atoms with Crippen LogP contribution in [0.2, 0.25) is 0 Å². The van der Waals surface area contributed by atoms with Crippen LogP contribution in [0.4, 0.5) is 0 Å². The summed E-state index contributed by atoms with van der Waals surface area (Å²) in [5.74, 6) is 1.83. The van der Waals surface area contributed by atoms with E-state index in [0.29, 0.717) is 0 Å². The molecular formula is C13H23NS. The minimum atomic E-state index is 0.841. The summed E-state index contributed by atoms with van der Waals surface area (Å²) in [7, 11) is 0. The summed E-state index contributed by atoms with van der Waals surface area (Å²) in [6, 6.07) is 0.865. The van der Waals surface area contributed by atoms with Gasteiger partial charge >= 0.3 is 0 Å². The highest BCUT2D eigenvalue weighted by atomic mass is 32.1. The topological polar surface area (TPSA) is 3.24 Å². The van der Waals surface area contributed by atoms with Gasteiger partial charge in [0.1, 0.15) is 0 Å². The SMILES string of the molecule is C=C(CS)CN1CCCC2CCCCC21. The highest BCUT2D eigenvalue weighted by molar-refractivity contribution is 7.80. The van der Waals surface area contributed by atoms with Gasteiger partial charge in [-0.05, 0) is 38.1 Å². The molecule has 1 saturated carbocycles. The molecule has 1 heterocycles. The number of piperidine rings is 1. The van der Waals surface area contributed by atoms with E-state index in [9.17, 15) is 0 Å². The standard InChI is InChI=1S/C13H23NS/c1-11(10-15)9-14-8-4-6-12-5-2-3-7-13(12)14/h12-13,15H,1-10H2. The van der Waals surface area contributed by atoms with Gasteiger partial charge in [-0.2, -0.15) is 12.6 Å². The van der Waals surface area contributed by atoms with Crippen molar-refractivity contribution in [2.45, 2.75) is 44.6 Å². The summed E-state index contributed by atoms with van der Waals surface area (Å²) < 4.78 is 0. The van der Waals surface area contributed by atoms with E-state index >= 15 is 0 Å². The van der Waals surface area contributed by atoms with Crippen molar-refractivity contribution in [2.24, 2.45) is 5.92 Å². The molecule has 0 aromatic carbocycles. The highest BCUT2D eigenvalue weighted by Crippen LogP contribution is 2.35. The van der Waals surface area contributed by atoms with Gasteiger partial charge in [0, 0.05) is 18.3 Å². The molecule has 15 heavy (non-hydrogen) atoms. The maximum atomic E-state index is 4.31. The monoisotopic (exact) mass is 225 g/mol. The van der Waals surface area contributed by atoms with Crippen LogP contribution in [0.5, 0.6) is 0 Å². The average molecular weight is 225 g/mol. The number of fused-ring (bicyclic) bond motifs is 1. The number of thiol groups is 1. The first-order valence-electron chi connectivity index (χ1n) is 6.33. The summed E-state index contributed by atoms with van der Waals surface area (Å²) >= 11 is 4.31. The summed E-state index contributed by atoms with van der Waals surface area (Å²) in [4.78, 5) is 2.67. The van der Waals surface area contributed by atoms with Gasteiger partial charge in [-0.1, -0.05) is 25.0 Å². The van der Waals surface area contributed by atoms with Crippen molar-refractivity contribution in [3.8, 4) is 0 Å². The van der Waals surface area contributed by atoms with E-state index in [-0.39, 0.29) is 0 Å². The third-order valence-electron chi connectivity index (χ3n) is 4.01. The lowest BCUT2D eigenvalue weighted by molar-refractivity contribution is 0.0692. The quantitative estimate of drug-likeness (QED) is 0.570. The molecule has 0 aromatic heterocycles. The zero-order valence-corrected chi connectivity index (χ0v) is 10.5. The van der Waals surface area contributed by atoms with Crippen LogP contribution in [-0.2, 0) is 0 Å². The number of likely N-dealkylation sites (tertiary alicyclic amines) is 1. The van der Waals surface area contributed by atoms with Crippen molar-refractivity contribution in [2.75, 3.05) is 18.8 Å². The molecule has 2 unspecified atom stereocenters. The van der Waals surface area contributed by atoms with Crippen molar-refractivity contribution < 1.29 is 0 Å². The number of nitrogens with zero attached hydrogens (tertiary/aromatic N) is 1. The highest BCUT2D eigenvalue weighted by Gasteiger charge is 2.32. The third kappa shape index (κ3) is 2.79. The molecule has 0 bridgehead atoms. The van der Waals surface area contributed by atoms with Crippen LogP contribution < -0.4 is 0 Å². The number of hydrogen-bond donors (Lipinski definition) is 1. The van der Waals surface area contributed by atoms with Gasteiger partial charge in [-0.15, -0.1) is 0 Å². The molecule has 0 aromatic rings. The van der Waals surface area contributed by atoms with Crippen LogP contribution in [0.25, 0.3) is 0 Å². The van der Waals surface area contributed by atoms with Gasteiger partial charge in [0.25, 0.3) is 0 Å². The Morgan fingerprint density at radius 1 is 1.20 bits per heavy atom. The molecule has 86 valence electrons. The van der Waals surface area contributed by atoms with E-state index in [4.69, 9.17) is 0 Å². The second-order valence-corrected chi connectivity index (χ2v) is 5.45. The van der Waals surface area contributed by atoms with Crippen molar-refractivity contribution in [3.05, 3.63) is 12.2 Å². The van der Waals surface area contributed by atoms with Crippen molar-refractivity contribution >= 4 is 12.6 Å². The molecule has 0 spiro atoms. The minimum Gasteiger partial charge on any atom is -0.296 e. The first-order chi connectivity index (χ1) is 7.31. The molecule has 2 aliphatic rings. The lowest BCUT2D eigenvalue weighted by atomic mass is 9.78. The van der Waals surface area contributed by atoms with Gasteiger partial charge in [-0.25, -0.2) is 0 Å². The van der Waals surface area contributed by atoms with Crippen LogP contribution in [0.1, 0.15) is 38.5 Å². The Morgan fingerprint density at radius 2 is 1.93 bits per heavy atom. The Bertz CT molecular complexity index is 225. The molecule has 2 atom stereocenters. The van der Waals surface area contributed by atoms with E-state index in [1.807, 2.05) is 0 Å². The zero-order chi connectivity index (χ0) is 10.7. The molecular weight excluding hydrogens is 202 g/mol. The van der Waals surface area contributed by atoms with Crippen LogP contribution in [-0.4, -0.2) is 29.8 Å². The van der Waals surface area contributed by atoms with Crippen LogP contribution in [0.15, 0.2) is 12.2 Å². The van der Waals surface area contributed by atoms with E-state index in [1.54, 1.807) is 0 Å². The van der Waals surface area contributed by atoms with E-state index in [0.717, 1.165) is 24.3 Å². The predicted octanol–water partition coefficient (Wildman–Crippen LogP) is 3.13. The predicted molar refractivity (Wildman–Crippen MR) is 69.5 cm³/mol. The zero-order valence-electron chi connectivity index (χ0n) is 9.62. The Morgan fingerprint density at radius 3 is 2.73 bits per heavy atom. The largest absolute Gasteiger partial charge is 0.296 e. The molecule has 1 saturated heterocycles. The smallest absolute Gasteiger partial charge is 0.0201 e. The van der Waals surface area contributed by atoms with Crippen molar-refractivity contribution in [3.63, 3.8) is 0 Å². The van der Waals surface area contributed by atoms with E-state index in [2.05, 4.69) is 24.1 Å². The maximum Gasteiger partial charge on any atom is 0.0201 e. The van der Waals surface area contributed by atoms with Gasteiger partial charge < -0.3 is 0 Å². The average Bonchev–Trinajstić information content (AvgIpc) is 2.29. The summed E-state index contributed by atoms with van der Waals surface area (Å²) in [5.41, 5.74) is 1.28. The lowest BCUT2D eigenvalue weighted by Crippen LogP contribution is -2.47. The molecule has 1 aliphatic carbocycles. The fraction of sp³-hybridized carbons (Fsp3) is 0.846. The van der Waals surface area contributed by atoms with E-state index < -0.39 is 0 Å². The Balaban J connectivity index is 1.94. The second kappa shape index (κ2) is 5.40. The summed E-state index contributed by atoms with van der Waals surface area (Å²) in [5, 5.41) is 0. The van der Waals surface area contributed by atoms with Crippen LogP contribution in [0.3, 0.4) is 0 Å². The molecule has 1 nitrogen and oxygen atoms in total. The van der Waals surface area contributed by atoms with Gasteiger partial charge in [-0.3, -0.25) is 4.90 Å². The second-order valence-electron chi connectivity index (χ2n) is 5.13. The first kappa shape index (κ1) is 11.5. The molecule has 2 fully saturated rings. The summed E-state index contributed by atoms with van der Waals surface area (Å²) in [6.45, 7) is 6.46. The van der Waals surface area contributed by atoms with Gasteiger partial charge in [0.15, 0.2) is 0 Å². The first-order valence-corrected chi connectivity index (χ1v) is 6.96. The molecule has 0 amide bonds. The maximum absolute atomic E-state index is 4.31. The molecule has 2 heteroatoms. The summed E-state index contributed by atoms with van der Waals surface area (Å²) in [6.07, 6.45) is 8.64. The van der Waals surface area contributed by atoms with Crippen LogP contribution >= 0.6 is 12.6 Å². The fourth-order valence-electron chi connectivity index (χ4n) is 3.26. The Labute approximate surface area is 99.3 Å². The van der Waals surface area contributed by atoms with Crippen LogP contribution in [0, 0.1) is 5.92 Å².